The fraction of sp³-hybridized carbons (Fsp3) is 0.250. The minimum Gasteiger partial charge on any atom is -0.860 e. The molecule has 1 aromatic carbocycles. The molecule has 2 N–H and O–H groups in total. The fourth-order valence-corrected chi connectivity index (χ4v) is 1.70. The Morgan fingerprint density at radius 1 is 1.25 bits per heavy atom. The molecule has 0 aliphatic heterocycles. The van der Waals surface area contributed by atoms with E-state index in [2.05, 4.69) is 0 Å². The van der Waals surface area contributed by atoms with E-state index >= 15 is 0 Å². The molecule has 0 aliphatic carbocycles. The second kappa shape index (κ2) is 6.83. The van der Waals surface area contributed by atoms with Crippen molar-refractivity contribution >= 4 is 14.9 Å². The molecule has 0 bridgehead atoms. The Labute approximate surface area is 97.5 Å². The van der Waals surface area contributed by atoms with Gasteiger partial charge in [0.15, 0.2) is 0 Å². The number of hydrogen-bond acceptors (Lipinski definition) is 1. The van der Waals surface area contributed by atoms with Crippen LogP contribution in [0.4, 0.5) is 0 Å². The standard InChI is InChI=1S/C8H11OSi.Na.H2O/c1-6-4-3-5-8(10-9)7(6)2;;/h3-5H,10H2,1-2H3;;1H2/q-1;+1;. The van der Waals surface area contributed by atoms with E-state index in [-0.39, 0.29) is 35.0 Å². The van der Waals surface area contributed by atoms with Crippen molar-refractivity contribution in [2.75, 3.05) is 0 Å². The summed E-state index contributed by atoms with van der Waals surface area (Å²) < 4.78 is 0. The first-order valence-corrected chi connectivity index (χ1v) is 4.67. The predicted octanol–water partition coefficient (Wildman–Crippen LogP) is -4.45. The maximum Gasteiger partial charge on any atom is 1.00 e. The molecule has 0 fully saturated rings. The SMILES string of the molecule is Cc1cccc([SiH2][O-])c1C.O.[Na+]. The van der Waals surface area contributed by atoms with E-state index in [0.717, 1.165) is 5.19 Å². The molecule has 62 valence electrons. The minimum atomic E-state index is -1.21. The fourth-order valence-electron chi connectivity index (χ4n) is 0.968. The average molecular weight is 192 g/mol. The van der Waals surface area contributed by atoms with Gasteiger partial charge in [-0.05, 0) is 29.2 Å². The molecular formula is C8H13NaO2Si. The van der Waals surface area contributed by atoms with Crippen molar-refractivity contribution in [3.63, 3.8) is 0 Å². The second-order valence-electron chi connectivity index (χ2n) is 2.50. The maximum absolute atomic E-state index is 10.6. The first kappa shape index (κ1) is 14.9. The molecule has 0 unspecified atom stereocenters. The molecule has 4 heteroatoms. The first-order valence-electron chi connectivity index (χ1n) is 3.39. The molecule has 0 amide bonds. The summed E-state index contributed by atoms with van der Waals surface area (Å²) in [6, 6.07) is 5.95. The summed E-state index contributed by atoms with van der Waals surface area (Å²) >= 11 is 0. The number of aryl methyl sites for hydroxylation is 1. The van der Waals surface area contributed by atoms with Crippen molar-refractivity contribution in [1.82, 2.24) is 0 Å². The van der Waals surface area contributed by atoms with Gasteiger partial charge in [0, 0.05) is 0 Å². The Morgan fingerprint density at radius 2 is 1.83 bits per heavy atom. The molecule has 12 heavy (non-hydrogen) atoms. The molecule has 0 aromatic heterocycles. The minimum absolute atomic E-state index is 0. The third-order valence-corrected chi connectivity index (χ3v) is 2.95. The van der Waals surface area contributed by atoms with Crippen LogP contribution < -0.4 is 39.5 Å². The van der Waals surface area contributed by atoms with Crippen molar-refractivity contribution in [2.45, 2.75) is 13.8 Å². The molecule has 1 aromatic rings. The van der Waals surface area contributed by atoms with Gasteiger partial charge >= 0.3 is 29.6 Å². The van der Waals surface area contributed by atoms with Gasteiger partial charge in [-0.1, -0.05) is 28.9 Å². The monoisotopic (exact) mass is 192 g/mol. The van der Waals surface area contributed by atoms with Crippen LogP contribution in [-0.2, 0) is 0 Å². The van der Waals surface area contributed by atoms with E-state index in [1.807, 2.05) is 32.0 Å². The van der Waals surface area contributed by atoms with Crippen LogP contribution in [0.2, 0.25) is 0 Å². The van der Waals surface area contributed by atoms with Crippen molar-refractivity contribution in [3.8, 4) is 0 Å². The molecule has 0 aliphatic rings. The zero-order valence-corrected chi connectivity index (χ0v) is 11.3. The van der Waals surface area contributed by atoms with Crippen molar-refractivity contribution < 1.29 is 39.8 Å². The Morgan fingerprint density at radius 3 is 2.25 bits per heavy atom. The summed E-state index contributed by atoms with van der Waals surface area (Å²) in [5.74, 6) is 0. The van der Waals surface area contributed by atoms with Crippen LogP contribution in [0.3, 0.4) is 0 Å². The van der Waals surface area contributed by atoms with Crippen LogP contribution in [-0.4, -0.2) is 15.2 Å². The zero-order valence-electron chi connectivity index (χ0n) is 7.85. The van der Waals surface area contributed by atoms with Gasteiger partial charge in [-0.25, -0.2) is 0 Å². The van der Waals surface area contributed by atoms with Crippen LogP contribution >= 0.6 is 0 Å². The third kappa shape index (κ3) is 3.39. The van der Waals surface area contributed by atoms with Crippen LogP contribution in [0.25, 0.3) is 0 Å². The Balaban J connectivity index is 0. The molecule has 0 radical (unpaired) electrons. The molecule has 0 atom stereocenters. The molecular weight excluding hydrogens is 179 g/mol. The first-order chi connectivity index (χ1) is 4.75. The largest absolute Gasteiger partial charge is 1.00 e. The van der Waals surface area contributed by atoms with E-state index < -0.39 is 9.76 Å². The van der Waals surface area contributed by atoms with Crippen LogP contribution in [0.15, 0.2) is 18.2 Å². The van der Waals surface area contributed by atoms with E-state index in [9.17, 15) is 4.80 Å². The number of benzene rings is 1. The quantitative estimate of drug-likeness (QED) is 0.414. The Kier molecular flexibility index (Phi) is 8.45. The molecule has 0 saturated heterocycles. The van der Waals surface area contributed by atoms with Crippen molar-refractivity contribution in [1.29, 1.82) is 0 Å². The summed E-state index contributed by atoms with van der Waals surface area (Å²) in [6.07, 6.45) is 0. The smallest absolute Gasteiger partial charge is 0.860 e. The van der Waals surface area contributed by atoms with Crippen molar-refractivity contribution in [3.05, 3.63) is 29.3 Å². The van der Waals surface area contributed by atoms with Crippen molar-refractivity contribution in [2.24, 2.45) is 0 Å². The van der Waals surface area contributed by atoms with Crippen LogP contribution in [0.1, 0.15) is 11.1 Å². The maximum atomic E-state index is 10.6. The van der Waals surface area contributed by atoms with Gasteiger partial charge in [0.05, 0.1) is 0 Å². The molecule has 0 saturated carbocycles. The average Bonchev–Trinajstić information content (AvgIpc) is 1.95. The van der Waals surface area contributed by atoms with Crippen LogP contribution in [0, 0.1) is 13.8 Å². The van der Waals surface area contributed by atoms with Crippen LogP contribution in [0.5, 0.6) is 0 Å². The molecule has 2 nitrogen and oxygen atoms in total. The Hall–Kier alpha value is 0.357. The normalized spacial score (nSPS) is 9.25. The van der Waals surface area contributed by atoms with E-state index in [1.54, 1.807) is 0 Å². The van der Waals surface area contributed by atoms with Gasteiger partial charge in [-0.3, -0.25) is 0 Å². The second-order valence-corrected chi connectivity index (χ2v) is 3.55. The topological polar surface area (TPSA) is 54.6 Å². The number of hydrogen-bond donors (Lipinski definition) is 0. The van der Waals surface area contributed by atoms with E-state index in [0.29, 0.717) is 0 Å². The van der Waals surface area contributed by atoms with E-state index in [4.69, 9.17) is 0 Å². The molecule has 1 rings (SSSR count). The van der Waals surface area contributed by atoms with Gasteiger partial charge < -0.3 is 10.3 Å². The summed E-state index contributed by atoms with van der Waals surface area (Å²) in [5.41, 5.74) is 2.44. The summed E-state index contributed by atoms with van der Waals surface area (Å²) in [6.45, 7) is 4.07. The van der Waals surface area contributed by atoms with Gasteiger partial charge in [0.25, 0.3) is 0 Å². The summed E-state index contributed by atoms with van der Waals surface area (Å²) in [7, 11) is -1.21. The summed E-state index contributed by atoms with van der Waals surface area (Å²) in [5, 5.41) is 1.06. The molecule has 0 heterocycles. The molecule has 0 spiro atoms. The van der Waals surface area contributed by atoms with Gasteiger partial charge in [-0.15, -0.1) is 0 Å². The van der Waals surface area contributed by atoms with E-state index in [1.165, 1.54) is 11.1 Å². The number of rotatable bonds is 1. The Bertz CT molecular complexity index is 240. The summed E-state index contributed by atoms with van der Waals surface area (Å²) in [4.78, 5) is 10.6. The predicted molar refractivity (Wildman–Crippen MR) is 47.7 cm³/mol. The van der Waals surface area contributed by atoms with Gasteiger partial charge in [-0.2, -0.15) is 0 Å². The van der Waals surface area contributed by atoms with Gasteiger partial charge in [0.2, 0.25) is 0 Å². The third-order valence-electron chi connectivity index (χ3n) is 1.87. The van der Waals surface area contributed by atoms with Gasteiger partial charge in [0.1, 0.15) is 0 Å². The zero-order chi connectivity index (χ0) is 7.56.